The van der Waals surface area contributed by atoms with Gasteiger partial charge in [0, 0.05) is 24.3 Å². The van der Waals surface area contributed by atoms with Crippen LogP contribution in [0, 0.1) is 5.82 Å². The number of fused-ring (bicyclic) bond motifs is 1. The van der Waals surface area contributed by atoms with E-state index >= 15 is 0 Å². The van der Waals surface area contributed by atoms with Crippen molar-refractivity contribution in [2.45, 2.75) is 6.10 Å². The number of hydrogen-bond acceptors (Lipinski definition) is 3. The molecule has 19 heavy (non-hydrogen) atoms. The van der Waals surface area contributed by atoms with Gasteiger partial charge < -0.3 is 5.11 Å². The second-order valence-corrected chi connectivity index (χ2v) is 7.26. The fourth-order valence-corrected chi connectivity index (χ4v) is 4.43. The predicted octanol–water partition coefficient (Wildman–Crippen LogP) is 5.60. The van der Waals surface area contributed by atoms with Crippen molar-refractivity contribution < 1.29 is 9.50 Å². The molecule has 1 unspecified atom stereocenters. The molecule has 0 saturated carbocycles. The summed E-state index contributed by atoms with van der Waals surface area (Å²) in [5, 5.41) is 12.3. The van der Waals surface area contributed by atoms with Gasteiger partial charge in [0.15, 0.2) is 0 Å². The van der Waals surface area contributed by atoms with Crippen LogP contribution in [0.15, 0.2) is 34.1 Å². The average Bonchev–Trinajstić information content (AvgIpc) is 2.96. The molecule has 1 nitrogen and oxygen atoms in total. The largest absolute Gasteiger partial charge is 0.383 e. The summed E-state index contributed by atoms with van der Waals surface area (Å²) in [6, 6.07) is 7.07. The van der Waals surface area contributed by atoms with Gasteiger partial charge in [-0.15, -0.1) is 22.7 Å². The Morgan fingerprint density at radius 1 is 1.26 bits per heavy atom. The third kappa shape index (κ3) is 2.34. The summed E-state index contributed by atoms with van der Waals surface area (Å²) < 4.78 is 16.7. The lowest BCUT2D eigenvalue weighted by atomic mass is 10.1. The van der Waals surface area contributed by atoms with Crippen LogP contribution in [-0.4, -0.2) is 5.11 Å². The minimum atomic E-state index is -0.991. The number of rotatable bonds is 2. The van der Waals surface area contributed by atoms with Gasteiger partial charge in [0.05, 0.1) is 5.02 Å². The van der Waals surface area contributed by atoms with Crippen LogP contribution < -0.4 is 0 Å². The van der Waals surface area contributed by atoms with Gasteiger partial charge in [-0.3, -0.25) is 0 Å². The summed E-state index contributed by atoms with van der Waals surface area (Å²) in [6.45, 7) is 0. The molecule has 1 N–H and O–H groups in total. The fraction of sp³-hybridized carbons (Fsp3) is 0.0769. The summed E-state index contributed by atoms with van der Waals surface area (Å²) in [5.41, 5.74) is 0.196. The van der Waals surface area contributed by atoms with Crippen molar-refractivity contribution in [3.8, 4) is 0 Å². The Morgan fingerprint density at radius 2 is 2.05 bits per heavy atom. The highest BCUT2D eigenvalue weighted by atomic mass is 79.9. The average molecular weight is 378 g/mol. The van der Waals surface area contributed by atoms with Crippen LogP contribution in [0.25, 0.3) is 9.40 Å². The maximum Gasteiger partial charge on any atom is 0.149 e. The zero-order valence-corrected chi connectivity index (χ0v) is 13.3. The first-order valence-electron chi connectivity index (χ1n) is 5.36. The minimum absolute atomic E-state index is 0.00471. The smallest absolute Gasteiger partial charge is 0.149 e. The van der Waals surface area contributed by atoms with E-state index in [0.717, 1.165) is 14.3 Å². The summed E-state index contributed by atoms with van der Waals surface area (Å²) in [5.74, 6) is -0.583. The number of thiophene rings is 2. The molecule has 3 aromatic rings. The van der Waals surface area contributed by atoms with E-state index in [1.54, 1.807) is 23.5 Å². The zero-order chi connectivity index (χ0) is 13.6. The quantitative estimate of drug-likeness (QED) is 0.576. The number of hydrogen-bond donors (Lipinski definition) is 1. The van der Waals surface area contributed by atoms with E-state index in [9.17, 15) is 9.50 Å². The maximum absolute atomic E-state index is 14.1. The van der Waals surface area contributed by atoms with Gasteiger partial charge in [0.25, 0.3) is 0 Å². The van der Waals surface area contributed by atoms with E-state index < -0.39 is 11.9 Å². The van der Waals surface area contributed by atoms with Gasteiger partial charge in [-0.05, 0) is 39.5 Å². The summed E-state index contributed by atoms with van der Waals surface area (Å²) in [7, 11) is 0. The molecule has 3 rings (SSSR count). The first-order chi connectivity index (χ1) is 9.08. The molecule has 0 aliphatic carbocycles. The third-order valence-electron chi connectivity index (χ3n) is 2.79. The minimum Gasteiger partial charge on any atom is -0.383 e. The van der Waals surface area contributed by atoms with E-state index in [2.05, 4.69) is 15.9 Å². The highest BCUT2D eigenvalue weighted by Gasteiger charge is 2.20. The van der Waals surface area contributed by atoms with E-state index in [1.807, 2.05) is 17.5 Å². The van der Waals surface area contributed by atoms with E-state index in [-0.39, 0.29) is 10.6 Å². The fourth-order valence-electron chi connectivity index (χ4n) is 1.82. The molecule has 0 aliphatic rings. The van der Waals surface area contributed by atoms with Crippen LogP contribution in [0.2, 0.25) is 5.02 Å². The van der Waals surface area contributed by atoms with Gasteiger partial charge in [-0.25, -0.2) is 4.39 Å². The molecule has 2 aromatic heterocycles. The Hall–Kier alpha value is -0.460. The second kappa shape index (κ2) is 5.14. The van der Waals surface area contributed by atoms with Gasteiger partial charge in [-0.1, -0.05) is 17.7 Å². The first kappa shape index (κ1) is 13.5. The number of benzene rings is 1. The molecular weight excluding hydrogens is 371 g/mol. The van der Waals surface area contributed by atoms with Crippen LogP contribution in [0.4, 0.5) is 4.39 Å². The van der Waals surface area contributed by atoms with Crippen LogP contribution >= 0.6 is 50.2 Å². The van der Waals surface area contributed by atoms with E-state index in [1.165, 1.54) is 11.3 Å². The maximum atomic E-state index is 14.1. The number of halogens is 3. The summed E-state index contributed by atoms with van der Waals surface area (Å²) in [4.78, 5) is 0.721. The molecule has 1 atom stereocenters. The van der Waals surface area contributed by atoms with Gasteiger partial charge in [-0.2, -0.15) is 0 Å². The number of aliphatic hydroxyl groups is 1. The summed E-state index contributed by atoms with van der Waals surface area (Å²) in [6.07, 6.45) is -0.991. The van der Waals surface area contributed by atoms with Crippen molar-refractivity contribution in [2.24, 2.45) is 0 Å². The van der Waals surface area contributed by atoms with Crippen molar-refractivity contribution in [3.63, 3.8) is 0 Å². The lowest BCUT2D eigenvalue weighted by Crippen LogP contribution is -2.01. The van der Waals surface area contributed by atoms with Crippen LogP contribution in [0.1, 0.15) is 16.5 Å². The summed E-state index contributed by atoms with van der Waals surface area (Å²) >= 11 is 12.1. The Bertz CT molecular complexity index is 724. The standard InChI is InChI=1S/C13H7BrClFOS2/c14-7-2-1-6(12(16)11(7)15)13(17)10-5-9-8(19-10)3-4-18-9/h1-5,13,17H. The second-order valence-electron chi connectivity index (χ2n) is 3.96. The highest BCUT2D eigenvalue weighted by molar-refractivity contribution is 9.10. The molecule has 6 heteroatoms. The van der Waals surface area contributed by atoms with Gasteiger partial charge in [0.1, 0.15) is 11.9 Å². The first-order valence-corrected chi connectivity index (χ1v) is 8.23. The van der Waals surface area contributed by atoms with Crippen molar-refractivity contribution in [1.82, 2.24) is 0 Å². The molecule has 0 radical (unpaired) electrons. The van der Waals surface area contributed by atoms with Crippen LogP contribution in [0.5, 0.6) is 0 Å². The Balaban J connectivity index is 2.06. The molecule has 2 heterocycles. The zero-order valence-electron chi connectivity index (χ0n) is 9.36. The van der Waals surface area contributed by atoms with Crippen molar-refractivity contribution >= 4 is 59.6 Å². The van der Waals surface area contributed by atoms with E-state index in [0.29, 0.717) is 4.47 Å². The Morgan fingerprint density at radius 3 is 2.79 bits per heavy atom. The highest BCUT2D eigenvalue weighted by Crippen LogP contribution is 2.38. The Kier molecular flexibility index (Phi) is 3.66. The predicted molar refractivity (Wildman–Crippen MR) is 82.9 cm³/mol. The van der Waals surface area contributed by atoms with Gasteiger partial charge in [0.2, 0.25) is 0 Å². The molecule has 0 fully saturated rings. The topological polar surface area (TPSA) is 20.2 Å². The molecule has 1 aromatic carbocycles. The van der Waals surface area contributed by atoms with E-state index in [4.69, 9.17) is 11.6 Å². The molecule has 0 bridgehead atoms. The normalized spacial score (nSPS) is 13.1. The molecule has 0 amide bonds. The lowest BCUT2D eigenvalue weighted by molar-refractivity contribution is 0.219. The molecule has 0 spiro atoms. The van der Waals surface area contributed by atoms with Crippen molar-refractivity contribution in [2.75, 3.05) is 0 Å². The SMILES string of the molecule is OC(c1cc2sccc2s1)c1ccc(Br)c(Cl)c1F. The monoisotopic (exact) mass is 376 g/mol. The number of aliphatic hydroxyl groups excluding tert-OH is 1. The Labute approximate surface area is 130 Å². The van der Waals surface area contributed by atoms with Crippen molar-refractivity contribution in [3.05, 3.63) is 55.4 Å². The van der Waals surface area contributed by atoms with Gasteiger partial charge >= 0.3 is 0 Å². The molecular formula is C13H7BrClFOS2. The lowest BCUT2D eigenvalue weighted by Gasteiger charge is -2.11. The molecule has 0 saturated heterocycles. The third-order valence-corrected chi connectivity index (χ3v) is 6.19. The van der Waals surface area contributed by atoms with Crippen LogP contribution in [0.3, 0.4) is 0 Å². The molecule has 0 aliphatic heterocycles. The molecule has 98 valence electrons. The van der Waals surface area contributed by atoms with Crippen molar-refractivity contribution in [1.29, 1.82) is 0 Å². The van der Waals surface area contributed by atoms with Crippen LogP contribution in [-0.2, 0) is 0 Å².